The molecule has 14 heavy (non-hydrogen) atoms. The first-order chi connectivity index (χ1) is 6.74. The monoisotopic (exact) mass is 231 g/mol. The van der Waals surface area contributed by atoms with Crippen LogP contribution in [0.3, 0.4) is 0 Å². The van der Waals surface area contributed by atoms with Gasteiger partial charge in [0.15, 0.2) is 3.95 Å². The molecule has 0 spiro atoms. The van der Waals surface area contributed by atoms with Crippen molar-refractivity contribution in [1.29, 1.82) is 0 Å². The predicted molar refractivity (Wildman–Crippen MR) is 59.4 cm³/mol. The second kappa shape index (κ2) is 3.96. The van der Waals surface area contributed by atoms with E-state index in [-0.39, 0.29) is 5.54 Å². The molecule has 1 saturated heterocycles. The summed E-state index contributed by atoms with van der Waals surface area (Å²) < 4.78 is 6.11. The fourth-order valence-corrected chi connectivity index (χ4v) is 2.49. The third kappa shape index (κ3) is 1.97. The summed E-state index contributed by atoms with van der Waals surface area (Å²) in [5, 5.41) is 11.1. The lowest BCUT2D eigenvalue weighted by molar-refractivity contribution is 0.181. The number of aromatic amines is 1. The van der Waals surface area contributed by atoms with Crippen molar-refractivity contribution >= 4 is 28.7 Å². The minimum absolute atomic E-state index is 0.0630. The lowest BCUT2D eigenvalue weighted by atomic mass is 9.96. The van der Waals surface area contributed by atoms with Crippen LogP contribution in [0, 0.1) is 3.95 Å². The first kappa shape index (κ1) is 10.1. The number of hydrogen-bond acceptors (Lipinski definition) is 5. The van der Waals surface area contributed by atoms with E-state index in [0.717, 1.165) is 31.2 Å². The molecule has 1 atom stereocenters. The van der Waals surface area contributed by atoms with Gasteiger partial charge in [-0.3, -0.25) is 5.10 Å². The highest BCUT2D eigenvalue weighted by atomic mass is 32.1. The zero-order valence-electron chi connectivity index (χ0n) is 8.00. The van der Waals surface area contributed by atoms with Crippen molar-refractivity contribution in [3.63, 3.8) is 0 Å². The van der Waals surface area contributed by atoms with E-state index in [2.05, 4.69) is 22.4 Å². The summed E-state index contributed by atoms with van der Waals surface area (Å²) in [5.74, 6) is 0. The van der Waals surface area contributed by atoms with Gasteiger partial charge in [-0.1, -0.05) is 18.3 Å². The molecule has 0 saturated carbocycles. The van der Waals surface area contributed by atoms with E-state index in [1.54, 1.807) is 0 Å². The fourth-order valence-electron chi connectivity index (χ4n) is 1.58. The van der Waals surface area contributed by atoms with Gasteiger partial charge in [0, 0.05) is 6.61 Å². The second-order valence-corrected chi connectivity index (χ2v) is 5.15. The molecule has 0 aromatic carbocycles. The Bertz CT molecular complexity index is 353. The molecule has 1 aromatic rings. The van der Waals surface area contributed by atoms with Gasteiger partial charge in [-0.25, -0.2) is 0 Å². The van der Waals surface area contributed by atoms with Crippen molar-refractivity contribution in [2.45, 2.75) is 25.3 Å². The summed E-state index contributed by atoms with van der Waals surface area (Å²) in [6, 6.07) is 0. The highest BCUT2D eigenvalue weighted by molar-refractivity contribution is 7.73. The van der Waals surface area contributed by atoms with Gasteiger partial charge in [0.1, 0.15) is 0 Å². The molecule has 1 fully saturated rings. The highest BCUT2D eigenvalue weighted by Gasteiger charge is 2.33. The predicted octanol–water partition coefficient (Wildman–Crippen LogP) is 2.18. The largest absolute Gasteiger partial charge is 0.379 e. The molecule has 1 aliphatic rings. The summed E-state index contributed by atoms with van der Waals surface area (Å²) in [4.78, 5) is 0. The van der Waals surface area contributed by atoms with Crippen LogP contribution >= 0.6 is 23.6 Å². The van der Waals surface area contributed by atoms with E-state index in [4.69, 9.17) is 17.0 Å². The lowest BCUT2D eigenvalue weighted by Crippen LogP contribution is -2.37. The number of H-pyrrole nitrogens is 1. The molecule has 2 N–H and O–H groups in total. The number of nitrogens with one attached hydrogen (secondary N) is 2. The van der Waals surface area contributed by atoms with Crippen LogP contribution in [0.25, 0.3) is 0 Å². The number of ether oxygens (including phenoxy) is 1. The average Bonchev–Trinajstić information content (AvgIpc) is 2.77. The molecule has 1 aromatic heterocycles. The van der Waals surface area contributed by atoms with Crippen LogP contribution in [-0.4, -0.2) is 29.0 Å². The minimum atomic E-state index is 0.0630. The maximum atomic E-state index is 5.41. The topological polar surface area (TPSA) is 49.9 Å². The van der Waals surface area contributed by atoms with Crippen LogP contribution < -0.4 is 5.32 Å². The summed E-state index contributed by atoms with van der Waals surface area (Å²) in [7, 11) is 0. The van der Waals surface area contributed by atoms with Gasteiger partial charge in [0.2, 0.25) is 5.13 Å². The van der Waals surface area contributed by atoms with Crippen molar-refractivity contribution in [2.24, 2.45) is 0 Å². The molecule has 1 unspecified atom stereocenters. The minimum Gasteiger partial charge on any atom is -0.379 e. The molecule has 2 rings (SSSR count). The Morgan fingerprint density at radius 3 is 3.14 bits per heavy atom. The van der Waals surface area contributed by atoms with Gasteiger partial charge in [0.25, 0.3) is 0 Å². The van der Waals surface area contributed by atoms with Gasteiger partial charge in [-0.15, -0.1) is 5.10 Å². The van der Waals surface area contributed by atoms with E-state index >= 15 is 0 Å². The Morgan fingerprint density at radius 1 is 1.79 bits per heavy atom. The van der Waals surface area contributed by atoms with Crippen molar-refractivity contribution in [3.8, 4) is 0 Å². The maximum Gasteiger partial charge on any atom is 0.204 e. The molecule has 1 aliphatic heterocycles. The van der Waals surface area contributed by atoms with Crippen molar-refractivity contribution in [2.75, 3.05) is 18.5 Å². The molecular formula is C8H13N3OS2. The van der Waals surface area contributed by atoms with E-state index in [9.17, 15) is 0 Å². The van der Waals surface area contributed by atoms with Crippen LogP contribution in [0.5, 0.6) is 0 Å². The lowest BCUT2D eigenvalue weighted by Gasteiger charge is -2.26. The van der Waals surface area contributed by atoms with Crippen LogP contribution in [-0.2, 0) is 4.74 Å². The van der Waals surface area contributed by atoms with Crippen LogP contribution in [0.4, 0.5) is 5.13 Å². The number of nitrogens with zero attached hydrogens (tertiary/aromatic N) is 1. The first-order valence-electron chi connectivity index (χ1n) is 4.65. The van der Waals surface area contributed by atoms with Crippen LogP contribution in [0.15, 0.2) is 0 Å². The normalized spacial score (nSPS) is 26.6. The van der Waals surface area contributed by atoms with E-state index < -0.39 is 0 Å². The number of rotatable bonds is 3. The van der Waals surface area contributed by atoms with Crippen molar-refractivity contribution in [1.82, 2.24) is 10.2 Å². The first-order valence-corrected chi connectivity index (χ1v) is 5.88. The summed E-state index contributed by atoms with van der Waals surface area (Å²) in [5.41, 5.74) is 0.0630. The standard InChI is InChI=1S/C8H13N3OS2/c1-2-8(3-4-12-5-8)9-6-10-11-7(13)14-6/h2-5H2,1H3,(H,9,10)(H,11,13). The molecule has 0 amide bonds. The fraction of sp³-hybridized carbons (Fsp3) is 0.750. The van der Waals surface area contributed by atoms with Gasteiger partial charge in [-0.05, 0) is 25.1 Å². The van der Waals surface area contributed by atoms with Crippen LogP contribution in [0.2, 0.25) is 0 Å². The van der Waals surface area contributed by atoms with Crippen molar-refractivity contribution < 1.29 is 4.74 Å². The Kier molecular flexibility index (Phi) is 2.85. The molecule has 2 heterocycles. The van der Waals surface area contributed by atoms with E-state index in [1.807, 2.05) is 0 Å². The Hall–Kier alpha value is -0.460. The van der Waals surface area contributed by atoms with Gasteiger partial charge in [0.05, 0.1) is 12.1 Å². The zero-order valence-corrected chi connectivity index (χ0v) is 9.63. The summed E-state index contributed by atoms with van der Waals surface area (Å²) in [6.07, 6.45) is 2.08. The molecule has 0 bridgehead atoms. The summed E-state index contributed by atoms with van der Waals surface area (Å²) in [6.45, 7) is 3.75. The average molecular weight is 231 g/mol. The second-order valence-electron chi connectivity index (χ2n) is 3.48. The van der Waals surface area contributed by atoms with Crippen molar-refractivity contribution in [3.05, 3.63) is 3.95 Å². The molecule has 0 aliphatic carbocycles. The quantitative estimate of drug-likeness (QED) is 0.783. The van der Waals surface area contributed by atoms with Gasteiger partial charge < -0.3 is 10.1 Å². The maximum absolute atomic E-state index is 5.41. The van der Waals surface area contributed by atoms with Gasteiger partial charge >= 0.3 is 0 Å². The summed E-state index contributed by atoms with van der Waals surface area (Å²) >= 11 is 6.45. The zero-order chi connectivity index (χ0) is 10.0. The third-order valence-electron chi connectivity index (χ3n) is 2.59. The van der Waals surface area contributed by atoms with E-state index in [1.165, 1.54) is 11.3 Å². The smallest absolute Gasteiger partial charge is 0.204 e. The number of hydrogen-bond donors (Lipinski definition) is 2. The Morgan fingerprint density at radius 2 is 2.64 bits per heavy atom. The van der Waals surface area contributed by atoms with E-state index in [0.29, 0.717) is 3.95 Å². The molecule has 0 radical (unpaired) electrons. The molecule has 78 valence electrons. The van der Waals surface area contributed by atoms with Crippen LogP contribution in [0.1, 0.15) is 19.8 Å². The number of aromatic nitrogens is 2. The highest BCUT2D eigenvalue weighted by Crippen LogP contribution is 2.28. The number of anilines is 1. The Labute approximate surface area is 91.7 Å². The third-order valence-corrected chi connectivity index (χ3v) is 3.59. The van der Waals surface area contributed by atoms with Gasteiger partial charge in [-0.2, -0.15) is 0 Å². The molecule has 6 heteroatoms. The Balaban J connectivity index is 2.11. The molecule has 4 nitrogen and oxygen atoms in total. The molecular weight excluding hydrogens is 218 g/mol. The SMILES string of the molecule is CCC1(Nc2n[nH]c(=S)s2)CCOC1.